The van der Waals surface area contributed by atoms with Crippen LogP contribution in [-0.2, 0) is 44.7 Å². The Kier molecular flexibility index (Phi) is 10.9. The van der Waals surface area contributed by atoms with Crippen LogP contribution in [0.4, 0.5) is 0 Å². The molecule has 5 rings (SSSR count). The summed E-state index contributed by atoms with van der Waals surface area (Å²) in [6, 6.07) is 18.8. The van der Waals surface area contributed by atoms with E-state index >= 15 is 0 Å². The van der Waals surface area contributed by atoms with Gasteiger partial charge in [-0.15, -0.1) is 0 Å². The number of rotatable bonds is 8. The van der Waals surface area contributed by atoms with Crippen LogP contribution >= 0.6 is 31.9 Å². The van der Waals surface area contributed by atoms with Crippen LogP contribution in [0.15, 0.2) is 69.6 Å². The maximum atomic E-state index is 12.3. The Morgan fingerprint density at radius 3 is 1.17 bits per heavy atom. The molecule has 4 aromatic carbocycles. The van der Waals surface area contributed by atoms with E-state index in [9.17, 15) is 19.8 Å². The summed E-state index contributed by atoms with van der Waals surface area (Å²) in [6.07, 6.45) is 1.19. The zero-order valence-electron chi connectivity index (χ0n) is 25.5. The van der Waals surface area contributed by atoms with Crippen LogP contribution in [0, 0.1) is 0 Å². The Labute approximate surface area is 284 Å². The lowest BCUT2D eigenvalue weighted by molar-refractivity contribution is -0.146. The number of hydrogen-bond donors (Lipinski definition) is 2. The molecule has 46 heavy (non-hydrogen) atoms. The minimum atomic E-state index is -0.493. The minimum Gasteiger partial charge on any atom is -0.507 e. The summed E-state index contributed by atoms with van der Waals surface area (Å²) in [5, 5.41) is 23.2. The molecule has 240 valence electrons. The molecule has 0 heterocycles. The van der Waals surface area contributed by atoms with Gasteiger partial charge < -0.3 is 29.2 Å². The first-order valence-corrected chi connectivity index (χ1v) is 16.5. The van der Waals surface area contributed by atoms with E-state index in [-0.39, 0.29) is 37.9 Å². The van der Waals surface area contributed by atoms with Crippen LogP contribution in [0.25, 0.3) is 0 Å². The van der Waals surface area contributed by atoms with E-state index in [1.807, 2.05) is 60.7 Å². The standard InChI is InChI=1S/C36H34Br2O8/c1-3-43-31(39)19-45-35-21-7-5-8-22(35)12-26-16-30(38)18-28(34(26)42)14-24-10-6-9-23(36(24)46-20-32(40)44-4-2)13-27-17-29(37)15-25(11-21)33(27)41/h5-10,15-18,41-42H,3-4,11-14,19-20H2,1-2H3. The SMILES string of the molecule is CCOC(=O)COc1c2cccc1Cc1cc(Br)cc(c1O)Cc1cccc(c1OCC(=O)OCC)Cc1cc(Br)cc(c1O)C2. The molecule has 0 aromatic heterocycles. The lowest BCUT2D eigenvalue weighted by atomic mass is 9.91. The van der Waals surface area contributed by atoms with Crippen molar-refractivity contribution in [3.05, 3.63) is 114 Å². The molecule has 1 aliphatic rings. The molecular weight excluding hydrogens is 720 g/mol. The van der Waals surface area contributed by atoms with E-state index in [2.05, 4.69) is 31.9 Å². The largest absolute Gasteiger partial charge is 0.507 e. The first-order valence-electron chi connectivity index (χ1n) is 15.0. The summed E-state index contributed by atoms with van der Waals surface area (Å²) in [5.41, 5.74) is 5.60. The van der Waals surface area contributed by atoms with Crippen LogP contribution in [0.1, 0.15) is 58.4 Å². The van der Waals surface area contributed by atoms with Crippen LogP contribution in [-0.4, -0.2) is 48.6 Å². The van der Waals surface area contributed by atoms with Crippen molar-refractivity contribution in [1.82, 2.24) is 0 Å². The number of para-hydroxylation sites is 2. The number of aromatic hydroxyl groups is 2. The second-order valence-electron chi connectivity index (χ2n) is 10.9. The third-order valence-corrected chi connectivity index (χ3v) is 8.54. The van der Waals surface area contributed by atoms with Gasteiger partial charge in [-0.1, -0.05) is 68.3 Å². The molecule has 0 aliphatic heterocycles. The third kappa shape index (κ3) is 7.85. The fourth-order valence-corrected chi connectivity index (χ4v) is 6.77. The van der Waals surface area contributed by atoms with Crippen LogP contribution in [0.5, 0.6) is 23.0 Å². The van der Waals surface area contributed by atoms with Gasteiger partial charge >= 0.3 is 11.9 Å². The highest BCUT2D eigenvalue weighted by molar-refractivity contribution is 9.10. The van der Waals surface area contributed by atoms with Gasteiger partial charge in [0.25, 0.3) is 0 Å². The van der Waals surface area contributed by atoms with Gasteiger partial charge in [-0.05, 0) is 82.6 Å². The maximum absolute atomic E-state index is 12.3. The maximum Gasteiger partial charge on any atom is 0.344 e. The predicted octanol–water partition coefficient (Wildman–Crippen LogP) is 7.18. The average Bonchev–Trinajstić information content (AvgIpc) is 3.01. The average molecular weight is 754 g/mol. The van der Waals surface area contributed by atoms with Crippen molar-refractivity contribution < 1.29 is 38.7 Å². The Bertz CT molecular complexity index is 1550. The molecule has 0 saturated carbocycles. The van der Waals surface area contributed by atoms with E-state index in [1.54, 1.807) is 13.8 Å². The first-order chi connectivity index (χ1) is 22.2. The molecule has 2 N–H and O–H groups in total. The number of ether oxygens (including phenoxy) is 4. The number of esters is 2. The van der Waals surface area contributed by atoms with Gasteiger partial charge in [0, 0.05) is 34.6 Å². The van der Waals surface area contributed by atoms with Gasteiger partial charge in [0.15, 0.2) is 13.2 Å². The molecule has 0 radical (unpaired) electrons. The Morgan fingerprint density at radius 2 is 0.891 bits per heavy atom. The molecule has 0 amide bonds. The van der Waals surface area contributed by atoms with E-state index < -0.39 is 11.9 Å². The van der Waals surface area contributed by atoms with Crippen molar-refractivity contribution in [1.29, 1.82) is 0 Å². The molecule has 1 aliphatic carbocycles. The monoisotopic (exact) mass is 752 g/mol. The Hall–Kier alpha value is -4.02. The summed E-state index contributed by atoms with van der Waals surface area (Å²) in [7, 11) is 0. The fraction of sp³-hybridized carbons (Fsp3) is 0.278. The quantitative estimate of drug-likeness (QED) is 0.160. The van der Waals surface area contributed by atoms with Crippen molar-refractivity contribution in [2.24, 2.45) is 0 Å². The van der Waals surface area contributed by atoms with Gasteiger partial charge in [0.1, 0.15) is 23.0 Å². The van der Waals surface area contributed by atoms with E-state index in [4.69, 9.17) is 18.9 Å². The highest BCUT2D eigenvalue weighted by atomic mass is 79.9. The summed E-state index contributed by atoms with van der Waals surface area (Å²) >= 11 is 7.24. The Morgan fingerprint density at radius 1 is 0.587 bits per heavy atom. The highest BCUT2D eigenvalue weighted by Crippen LogP contribution is 2.40. The third-order valence-electron chi connectivity index (χ3n) is 7.62. The lowest BCUT2D eigenvalue weighted by Gasteiger charge is -2.20. The number of carbonyl (C=O) groups is 2. The predicted molar refractivity (Wildman–Crippen MR) is 180 cm³/mol. The van der Waals surface area contributed by atoms with Crippen LogP contribution in [0.2, 0.25) is 0 Å². The van der Waals surface area contributed by atoms with Gasteiger partial charge in [0.05, 0.1) is 13.2 Å². The number of phenols is 2. The summed E-state index contributed by atoms with van der Waals surface area (Å²) in [6.45, 7) is 3.37. The van der Waals surface area contributed by atoms with Gasteiger partial charge in [-0.3, -0.25) is 0 Å². The minimum absolute atomic E-state index is 0.116. The Balaban J connectivity index is 1.69. The fourth-order valence-electron chi connectivity index (χ4n) is 5.67. The molecule has 0 spiro atoms. The van der Waals surface area contributed by atoms with Crippen molar-refractivity contribution in [3.63, 3.8) is 0 Å². The van der Waals surface area contributed by atoms with Crippen LogP contribution in [0.3, 0.4) is 0 Å². The number of phenolic OH excluding ortho intramolecular Hbond substituents is 2. The first kappa shape index (κ1) is 33.3. The molecule has 0 unspecified atom stereocenters. The molecule has 0 atom stereocenters. The number of halogens is 2. The van der Waals surface area contributed by atoms with Crippen LogP contribution < -0.4 is 9.47 Å². The van der Waals surface area contributed by atoms with E-state index in [0.717, 1.165) is 31.2 Å². The van der Waals surface area contributed by atoms with Crippen molar-refractivity contribution in [3.8, 4) is 23.0 Å². The molecular formula is C36H34Br2O8. The molecule has 8 nitrogen and oxygen atoms in total. The molecule has 0 saturated heterocycles. The second kappa shape index (κ2) is 15.0. The number of fused-ring (bicyclic) bond motifs is 8. The zero-order valence-corrected chi connectivity index (χ0v) is 28.7. The van der Waals surface area contributed by atoms with Crippen molar-refractivity contribution in [2.75, 3.05) is 26.4 Å². The molecule has 4 aromatic rings. The topological polar surface area (TPSA) is 112 Å². The normalized spacial score (nSPS) is 12.3. The highest BCUT2D eigenvalue weighted by Gasteiger charge is 2.22. The number of hydrogen-bond acceptors (Lipinski definition) is 8. The number of carbonyl (C=O) groups excluding carboxylic acids is 2. The summed E-state index contributed by atoms with van der Waals surface area (Å²) in [5.74, 6) is 0.227. The summed E-state index contributed by atoms with van der Waals surface area (Å²) in [4.78, 5) is 24.6. The van der Waals surface area contributed by atoms with Gasteiger partial charge in [-0.2, -0.15) is 0 Å². The number of benzene rings is 4. The smallest absolute Gasteiger partial charge is 0.344 e. The lowest BCUT2D eigenvalue weighted by Crippen LogP contribution is -2.16. The van der Waals surface area contributed by atoms with Gasteiger partial charge in [-0.25, -0.2) is 9.59 Å². The zero-order chi connectivity index (χ0) is 32.8. The second-order valence-corrected chi connectivity index (χ2v) is 12.7. The van der Waals surface area contributed by atoms with Crippen molar-refractivity contribution >= 4 is 43.8 Å². The summed E-state index contributed by atoms with van der Waals surface area (Å²) < 4.78 is 24.0. The van der Waals surface area contributed by atoms with Crippen molar-refractivity contribution in [2.45, 2.75) is 39.5 Å². The van der Waals surface area contributed by atoms with E-state index in [1.165, 1.54) is 0 Å². The van der Waals surface area contributed by atoms with Gasteiger partial charge in [0.2, 0.25) is 0 Å². The molecule has 8 bridgehead atoms. The molecule has 10 heteroatoms. The van der Waals surface area contributed by atoms with E-state index in [0.29, 0.717) is 59.4 Å². The molecule has 0 fully saturated rings.